The first-order chi connectivity index (χ1) is 21.2. The summed E-state index contributed by atoms with van der Waals surface area (Å²) in [5, 5.41) is 6.21. The average molecular weight is 606 g/mol. The van der Waals surface area contributed by atoms with Crippen LogP contribution >= 0.6 is 0 Å². The second-order valence-electron chi connectivity index (χ2n) is 12.3. The molecule has 0 spiro atoms. The van der Waals surface area contributed by atoms with Crippen LogP contribution < -0.4 is 16.4 Å². The number of aldehydes is 1. The highest BCUT2D eigenvalue weighted by molar-refractivity contribution is 6.06. The van der Waals surface area contributed by atoms with Crippen molar-refractivity contribution in [2.45, 2.75) is 70.3 Å². The van der Waals surface area contributed by atoms with Crippen LogP contribution in [0.15, 0.2) is 65.7 Å². The molecule has 4 aliphatic rings. The van der Waals surface area contributed by atoms with Crippen molar-refractivity contribution in [3.8, 4) is 0 Å². The van der Waals surface area contributed by atoms with Gasteiger partial charge in [0.05, 0.1) is 12.3 Å². The van der Waals surface area contributed by atoms with E-state index in [0.717, 1.165) is 61.5 Å². The smallest absolute Gasteiger partial charge is 0.264 e. The third-order valence-corrected chi connectivity index (χ3v) is 9.20. The van der Waals surface area contributed by atoms with E-state index in [1.54, 1.807) is 18.3 Å². The van der Waals surface area contributed by atoms with Crippen molar-refractivity contribution < 1.29 is 23.1 Å². The number of halogens is 2. The molecule has 232 valence electrons. The first-order valence-corrected chi connectivity index (χ1v) is 14.9. The number of nitrogens with two attached hydrogens (primary N) is 1. The maximum Gasteiger partial charge on any atom is 0.264 e. The molecule has 1 saturated carbocycles. The van der Waals surface area contributed by atoms with Crippen LogP contribution in [0.5, 0.6) is 0 Å². The number of amidine groups is 1. The summed E-state index contributed by atoms with van der Waals surface area (Å²) in [7, 11) is 0. The maximum absolute atomic E-state index is 13.1. The number of nitrogens with zero attached hydrogens (tertiary/aromatic N) is 4. The van der Waals surface area contributed by atoms with Gasteiger partial charge in [-0.2, -0.15) is 0 Å². The molecule has 2 unspecified atom stereocenters. The van der Waals surface area contributed by atoms with Crippen molar-refractivity contribution in [2.24, 2.45) is 16.1 Å². The number of aliphatic imine (C=N–C) groups is 1. The summed E-state index contributed by atoms with van der Waals surface area (Å²) in [6.07, 6.45) is 6.59. The zero-order chi connectivity index (χ0) is 31.0. The largest absolute Gasteiger partial charge is 0.382 e. The lowest BCUT2D eigenvalue weighted by atomic mass is 9.74. The second-order valence-corrected chi connectivity index (χ2v) is 12.3. The molecule has 2 fully saturated rings. The topological polar surface area (TPSA) is 125 Å². The number of amides is 1. The Hall–Kier alpha value is -4.16. The number of hydrogen-bond donors (Lipinski definition) is 3. The van der Waals surface area contributed by atoms with Gasteiger partial charge in [0, 0.05) is 53.8 Å². The lowest BCUT2D eigenvalue weighted by Gasteiger charge is -2.48. The summed E-state index contributed by atoms with van der Waals surface area (Å²) in [6, 6.07) is 9.97. The third-order valence-electron chi connectivity index (χ3n) is 9.20. The number of morpholine rings is 1. The van der Waals surface area contributed by atoms with Gasteiger partial charge in [0.15, 0.2) is 0 Å². The number of fused-ring (bicyclic) bond motifs is 1. The number of aromatic nitrogens is 1. The maximum atomic E-state index is 13.1. The fraction of sp³-hybridized carbons (Fsp3) is 0.438. The molecule has 1 aliphatic carbocycles. The number of anilines is 1. The van der Waals surface area contributed by atoms with E-state index in [9.17, 15) is 18.4 Å². The Labute approximate surface area is 255 Å². The van der Waals surface area contributed by atoms with Gasteiger partial charge in [0.25, 0.3) is 12.3 Å². The van der Waals surface area contributed by atoms with Crippen molar-refractivity contribution in [3.05, 3.63) is 77.4 Å². The predicted octanol–water partition coefficient (Wildman–Crippen LogP) is 4.25. The molecule has 0 bridgehead atoms. The third kappa shape index (κ3) is 5.83. The summed E-state index contributed by atoms with van der Waals surface area (Å²) >= 11 is 0. The van der Waals surface area contributed by atoms with E-state index in [0.29, 0.717) is 24.0 Å². The number of carbonyl (C=O) groups is 2. The van der Waals surface area contributed by atoms with Gasteiger partial charge in [0.1, 0.15) is 35.9 Å². The Bertz CT molecular complexity index is 1500. The number of carbonyl (C=O) groups excluding carboxylic acids is 2. The molecule has 2 aromatic rings. The number of benzene rings is 1. The highest BCUT2D eigenvalue weighted by atomic mass is 19.3. The number of nitrogens with one attached hydrogen (secondary N) is 2. The van der Waals surface area contributed by atoms with Crippen molar-refractivity contribution in [2.75, 3.05) is 18.5 Å². The average Bonchev–Trinajstić information content (AvgIpc) is 3.43. The van der Waals surface area contributed by atoms with Crippen LogP contribution in [0.3, 0.4) is 0 Å². The normalized spacial score (nSPS) is 28.8. The van der Waals surface area contributed by atoms with Gasteiger partial charge >= 0.3 is 0 Å². The summed E-state index contributed by atoms with van der Waals surface area (Å²) in [4.78, 5) is 37.3. The first kappa shape index (κ1) is 29.9. The number of alkyl halides is 2. The van der Waals surface area contributed by atoms with Crippen LogP contribution in [-0.2, 0) is 9.53 Å². The minimum Gasteiger partial charge on any atom is -0.382 e. The monoisotopic (exact) mass is 605 g/mol. The van der Waals surface area contributed by atoms with Crippen LogP contribution in [0.2, 0.25) is 0 Å². The standard InChI is InChI=1S/C32H37F2N7O3/c1-19-17-44-24(16-41(19)23-7-10-32(2,18-42)11-8-23)30-39-26(27-29(35)37-13-14-40(27)30)20-3-5-21(6-4-20)31(43)38-25-15-22(28(33)34)9-12-36-25/h3-6,9,12-15,18-19,23-24,28,30,39H,7-8,10-11,16-17H2,1-2H3,(H2,35,37)(H,36,38,43)/t19-,23?,24?,30?,32?/m0/s1. The van der Waals surface area contributed by atoms with Crippen molar-refractivity contribution >= 4 is 29.5 Å². The van der Waals surface area contributed by atoms with Crippen LogP contribution in [-0.4, -0.2) is 70.3 Å². The molecule has 1 saturated heterocycles. The van der Waals surface area contributed by atoms with E-state index in [2.05, 4.69) is 44.3 Å². The van der Waals surface area contributed by atoms with E-state index in [1.807, 2.05) is 18.3 Å². The minimum absolute atomic E-state index is 0.0533. The van der Waals surface area contributed by atoms with Crippen LogP contribution in [0, 0.1) is 5.41 Å². The molecule has 4 heterocycles. The molecule has 1 aromatic carbocycles. The van der Waals surface area contributed by atoms with E-state index < -0.39 is 12.3 Å². The molecule has 0 radical (unpaired) electrons. The van der Waals surface area contributed by atoms with Gasteiger partial charge < -0.3 is 30.8 Å². The molecule has 12 heteroatoms. The zero-order valence-corrected chi connectivity index (χ0v) is 24.7. The number of pyridine rings is 1. The van der Waals surface area contributed by atoms with E-state index in [4.69, 9.17) is 10.5 Å². The van der Waals surface area contributed by atoms with Gasteiger partial charge in [-0.25, -0.2) is 18.8 Å². The lowest BCUT2D eigenvalue weighted by molar-refractivity contribution is -0.121. The molecule has 44 heavy (non-hydrogen) atoms. The van der Waals surface area contributed by atoms with Crippen molar-refractivity contribution in [1.29, 1.82) is 0 Å². The number of rotatable bonds is 7. The Morgan fingerprint density at radius 3 is 2.68 bits per heavy atom. The molecule has 4 N–H and O–H groups in total. The highest BCUT2D eigenvalue weighted by Gasteiger charge is 2.44. The van der Waals surface area contributed by atoms with Gasteiger partial charge in [-0.15, -0.1) is 0 Å². The first-order valence-electron chi connectivity index (χ1n) is 14.9. The SMILES string of the molecule is C[C@H]1COC(C2NC(c3ccc(C(=O)Nc4cc(C(F)F)ccn4)cc3)=C3C(N)=NC=CN32)CN1C1CCC(C)(C=O)CC1. The Morgan fingerprint density at radius 1 is 1.23 bits per heavy atom. The van der Waals surface area contributed by atoms with E-state index >= 15 is 0 Å². The molecular weight excluding hydrogens is 568 g/mol. The Kier molecular flexibility index (Phi) is 8.21. The van der Waals surface area contributed by atoms with E-state index in [-0.39, 0.29) is 35.1 Å². The highest BCUT2D eigenvalue weighted by Crippen LogP contribution is 2.38. The number of ether oxygens (including phenoxy) is 1. The Morgan fingerprint density at radius 2 is 1.98 bits per heavy atom. The van der Waals surface area contributed by atoms with Gasteiger partial charge in [-0.3, -0.25) is 9.69 Å². The van der Waals surface area contributed by atoms with Crippen molar-refractivity contribution in [1.82, 2.24) is 20.1 Å². The zero-order valence-electron chi connectivity index (χ0n) is 24.7. The molecule has 3 aliphatic heterocycles. The summed E-state index contributed by atoms with van der Waals surface area (Å²) < 4.78 is 32.5. The summed E-state index contributed by atoms with van der Waals surface area (Å²) in [5.74, 6) is -0.0435. The van der Waals surface area contributed by atoms with Gasteiger partial charge in [0.2, 0.25) is 0 Å². The summed E-state index contributed by atoms with van der Waals surface area (Å²) in [5.41, 5.74) is 8.60. The van der Waals surface area contributed by atoms with Crippen LogP contribution in [0.25, 0.3) is 5.70 Å². The van der Waals surface area contributed by atoms with Crippen molar-refractivity contribution in [3.63, 3.8) is 0 Å². The quantitative estimate of drug-likeness (QED) is 0.400. The minimum atomic E-state index is -2.66. The lowest BCUT2D eigenvalue weighted by Crippen LogP contribution is -2.60. The molecular formula is C32H37F2N7O3. The fourth-order valence-electron chi connectivity index (χ4n) is 6.56. The van der Waals surface area contributed by atoms with Gasteiger partial charge in [-0.05, 0) is 62.4 Å². The number of hydrogen-bond acceptors (Lipinski definition) is 9. The Balaban J connectivity index is 1.18. The fourth-order valence-corrected chi connectivity index (χ4v) is 6.56. The molecule has 1 aromatic heterocycles. The molecule has 1 amide bonds. The molecule has 3 atom stereocenters. The predicted molar refractivity (Wildman–Crippen MR) is 162 cm³/mol. The van der Waals surface area contributed by atoms with E-state index in [1.165, 1.54) is 12.3 Å². The molecule has 6 rings (SSSR count). The molecule has 10 nitrogen and oxygen atoms in total. The van der Waals surface area contributed by atoms with Crippen LogP contribution in [0.4, 0.5) is 14.6 Å². The summed E-state index contributed by atoms with van der Waals surface area (Å²) in [6.45, 7) is 5.56. The van der Waals surface area contributed by atoms with Crippen LogP contribution in [0.1, 0.15) is 67.4 Å². The second kappa shape index (κ2) is 12.1. The van der Waals surface area contributed by atoms with Gasteiger partial charge in [-0.1, -0.05) is 19.1 Å².